The zero-order valence-corrected chi connectivity index (χ0v) is 19.1. The molecule has 29 heavy (non-hydrogen) atoms. The Hall–Kier alpha value is -1.62. The summed E-state index contributed by atoms with van der Waals surface area (Å²) in [6.45, 7) is 8.31. The summed E-state index contributed by atoms with van der Waals surface area (Å²) >= 11 is 17.7. The van der Waals surface area contributed by atoms with E-state index in [1.54, 1.807) is 0 Å². The Kier molecular flexibility index (Phi) is 6.28. The van der Waals surface area contributed by atoms with Crippen molar-refractivity contribution in [3.8, 4) is 5.75 Å². The Morgan fingerprint density at radius 1 is 1.24 bits per heavy atom. The molecule has 2 aromatic carbocycles. The van der Waals surface area contributed by atoms with Crippen molar-refractivity contribution in [2.45, 2.75) is 43.3 Å². The third-order valence-electron chi connectivity index (χ3n) is 5.34. The number of rotatable bonds is 4. The molecular formula is C22H24Cl3NO3. The number of ether oxygens (including phenoxy) is 1. The predicted molar refractivity (Wildman–Crippen MR) is 119 cm³/mol. The molecule has 0 saturated heterocycles. The summed E-state index contributed by atoms with van der Waals surface area (Å²) in [6.07, 6.45) is -1.17. The highest BCUT2D eigenvalue weighted by atomic mass is 35.6. The maximum atomic E-state index is 12.0. The van der Waals surface area contributed by atoms with E-state index in [4.69, 9.17) is 39.5 Å². The Labute approximate surface area is 186 Å². The van der Waals surface area contributed by atoms with Gasteiger partial charge in [0.1, 0.15) is 5.75 Å². The van der Waals surface area contributed by atoms with Crippen LogP contribution in [-0.2, 0) is 0 Å². The normalized spacial score (nSPS) is 15.9. The lowest BCUT2D eigenvalue weighted by molar-refractivity contribution is 0.202. The maximum absolute atomic E-state index is 12.0. The van der Waals surface area contributed by atoms with Crippen LogP contribution in [0.15, 0.2) is 30.3 Å². The molecule has 1 unspecified atom stereocenters. The van der Waals surface area contributed by atoms with Crippen molar-refractivity contribution in [2.24, 2.45) is 0 Å². The number of fused-ring (bicyclic) bond motifs is 1. The second-order valence-electron chi connectivity index (χ2n) is 7.75. The number of halogens is 3. The summed E-state index contributed by atoms with van der Waals surface area (Å²) in [7, 11) is 0. The van der Waals surface area contributed by atoms with Crippen molar-refractivity contribution >= 4 is 46.6 Å². The van der Waals surface area contributed by atoms with Gasteiger partial charge in [-0.2, -0.15) is 0 Å². The van der Waals surface area contributed by atoms with E-state index in [-0.39, 0.29) is 12.5 Å². The van der Waals surface area contributed by atoms with Gasteiger partial charge in [0, 0.05) is 11.5 Å². The topological polar surface area (TPSA) is 49.8 Å². The fourth-order valence-electron chi connectivity index (χ4n) is 3.97. The molecule has 0 spiro atoms. The minimum Gasteiger partial charge on any atom is -0.492 e. The van der Waals surface area contributed by atoms with Gasteiger partial charge in [-0.3, -0.25) is 4.90 Å². The summed E-state index contributed by atoms with van der Waals surface area (Å²) in [5, 5.41) is 9.77. The molecule has 1 aliphatic rings. The van der Waals surface area contributed by atoms with E-state index in [0.717, 1.165) is 32.9 Å². The van der Waals surface area contributed by atoms with Gasteiger partial charge in [-0.1, -0.05) is 72.9 Å². The van der Waals surface area contributed by atoms with Crippen molar-refractivity contribution < 1.29 is 14.6 Å². The number of carboxylic acid groups (broad SMARTS) is 1. The van der Waals surface area contributed by atoms with Crippen molar-refractivity contribution in [1.29, 1.82) is 0 Å². The molecule has 1 heterocycles. The molecule has 1 aliphatic heterocycles. The molecule has 0 radical (unpaired) electrons. The first-order valence-electron chi connectivity index (χ1n) is 9.43. The minimum atomic E-state index is -1.72. The monoisotopic (exact) mass is 455 g/mol. The van der Waals surface area contributed by atoms with Crippen molar-refractivity contribution in [3.05, 3.63) is 58.1 Å². The van der Waals surface area contributed by atoms with Gasteiger partial charge < -0.3 is 9.84 Å². The Morgan fingerprint density at radius 3 is 2.38 bits per heavy atom. The van der Waals surface area contributed by atoms with Crippen LogP contribution in [0, 0.1) is 13.8 Å². The van der Waals surface area contributed by atoms with Crippen molar-refractivity contribution in [3.63, 3.8) is 0 Å². The van der Waals surface area contributed by atoms with Crippen molar-refractivity contribution in [2.75, 3.05) is 18.1 Å². The molecule has 2 aromatic rings. The maximum Gasteiger partial charge on any atom is 0.411 e. The van der Waals surface area contributed by atoms with E-state index >= 15 is 0 Å². The van der Waals surface area contributed by atoms with E-state index in [1.807, 2.05) is 19.9 Å². The molecule has 0 bridgehead atoms. The van der Waals surface area contributed by atoms with Crippen LogP contribution in [0.2, 0.25) is 0 Å². The van der Waals surface area contributed by atoms with Gasteiger partial charge in [0.2, 0.25) is 3.79 Å². The molecule has 0 aromatic heterocycles. The second kappa shape index (κ2) is 8.25. The van der Waals surface area contributed by atoms with Gasteiger partial charge in [-0.15, -0.1) is 0 Å². The van der Waals surface area contributed by atoms with Crippen LogP contribution in [0.5, 0.6) is 5.75 Å². The number of hydrogen-bond donors (Lipinski definition) is 1. The quantitative estimate of drug-likeness (QED) is 0.514. The number of amides is 1. The van der Waals surface area contributed by atoms with Gasteiger partial charge in [0.25, 0.3) is 0 Å². The Bertz CT molecular complexity index is 920. The summed E-state index contributed by atoms with van der Waals surface area (Å²) in [4.78, 5) is 13.1. The zero-order valence-electron chi connectivity index (χ0n) is 16.8. The van der Waals surface area contributed by atoms with E-state index in [0.29, 0.717) is 18.2 Å². The van der Waals surface area contributed by atoms with Crippen LogP contribution in [0.1, 0.15) is 53.5 Å². The van der Waals surface area contributed by atoms with Gasteiger partial charge in [-0.05, 0) is 48.1 Å². The van der Waals surface area contributed by atoms with Crippen LogP contribution < -0.4 is 9.64 Å². The minimum absolute atomic E-state index is 0.0222. The largest absolute Gasteiger partial charge is 0.492 e. The first kappa shape index (κ1) is 22.1. The van der Waals surface area contributed by atoms with Crippen molar-refractivity contribution in [1.82, 2.24) is 0 Å². The summed E-state index contributed by atoms with van der Waals surface area (Å²) < 4.78 is 4.23. The number of aryl methyl sites for hydroxylation is 1. The second-order valence-corrected chi connectivity index (χ2v) is 10.3. The summed E-state index contributed by atoms with van der Waals surface area (Å²) in [6, 6.07) is 10.4. The average Bonchev–Trinajstić information content (AvgIpc) is 3.03. The molecule has 3 rings (SSSR count). The highest BCUT2D eigenvalue weighted by Crippen LogP contribution is 2.46. The number of nitrogens with zero attached hydrogens (tertiary/aromatic N) is 1. The molecule has 1 amide bonds. The standard InChI is InChI=1S/C22H24Cl3NO3/c1-12(2)15-5-7-16(8-6-15)17-10-29-18-9-13(3)20(14(4)19(17)18)26(21(27)28)11-22(23,24)25/h5-9,12,17H,10-11H2,1-4H3,(H,27,28). The number of hydrogen-bond acceptors (Lipinski definition) is 2. The first-order chi connectivity index (χ1) is 13.5. The Balaban J connectivity index is 2.08. The lowest BCUT2D eigenvalue weighted by Gasteiger charge is -2.28. The van der Waals surface area contributed by atoms with Gasteiger partial charge >= 0.3 is 6.09 Å². The fraction of sp³-hybridized carbons (Fsp3) is 0.409. The molecule has 1 N–H and O–H groups in total. The SMILES string of the molecule is Cc1cc2c(c(C)c1N(CC(Cl)(Cl)Cl)C(=O)O)C(c1ccc(C(C)C)cc1)CO2. The molecule has 1 atom stereocenters. The lowest BCUT2D eigenvalue weighted by Crippen LogP contribution is -2.37. The highest BCUT2D eigenvalue weighted by Gasteiger charge is 2.34. The van der Waals surface area contributed by atoms with Gasteiger partial charge in [0.15, 0.2) is 0 Å². The molecule has 4 nitrogen and oxygen atoms in total. The molecule has 0 saturated carbocycles. The van der Waals surface area contributed by atoms with Crippen LogP contribution >= 0.6 is 34.8 Å². The van der Waals surface area contributed by atoms with E-state index in [9.17, 15) is 9.90 Å². The predicted octanol–water partition coefficient (Wildman–Crippen LogP) is 6.81. The lowest BCUT2D eigenvalue weighted by atomic mass is 9.87. The molecule has 0 aliphatic carbocycles. The number of anilines is 1. The number of benzene rings is 2. The fourth-order valence-corrected chi connectivity index (χ4v) is 4.33. The summed E-state index contributed by atoms with van der Waals surface area (Å²) in [5.74, 6) is 1.26. The van der Waals surface area contributed by atoms with E-state index < -0.39 is 9.89 Å². The third-order valence-corrected chi connectivity index (χ3v) is 5.70. The van der Waals surface area contributed by atoms with E-state index in [2.05, 4.69) is 38.1 Å². The molecular weight excluding hydrogens is 433 g/mol. The van der Waals surface area contributed by atoms with Gasteiger partial charge in [0.05, 0.1) is 18.8 Å². The third kappa shape index (κ3) is 4.60. The van der Waals surface area contributed by atoms with Crippen LogP contribution in [0.4, 0.5) is 10.5 Å². The molecule has 0 fully saturated rings. The molecule has 7 heteroatoms. The zero-order chi connectivity index (χ0) is 21.5. The Morgan fingerprint density at radius 2 is 1.86 bits per heavy atom. The van der Waals surface area contributed by atoms with Crippen LogP contribution in [-0.4, -0.2) is 28.1 Å². The first-order valence-corrected chi connectivity index (χ1v) is 10.6. The summed E-state index contributed by atoms with van der Waals surface area (Å²) in [5.41, 5.74) is 5.51. The molecule has 156 valence electrons. The number of carbonyl (C=O) groups is 1. The number of alkyl halides is 3. The van der Waals surface area contributed by atoms with Crippen LogP contribution in [0.25, 0.3) is 0 Å². The van der Waals surface area contributed by atoms with Gasteiger partial charge in [-0.25, -0.2) is 4.79 Å². The smallest absolute Gasteiger partial charge is 0.411 e. The van der Waals surface area contributed by atoms with Crippen LogP contribution in [0.3, 0.4) is 0 Å². The average molecular weight is 457 g/mol. The highest BCUT2D eigenvalue weighted by molar-refractivity contribution is 6.68. The van der Waals surface area contributed by atoms with E-state index in [1.165, 1.54) is 5.56 Å².